The summed E-state index contributed by atoms with van der Waals surface area (Å²) in [5, 5.41) is 4.89. The fraction of sp³-hybridized carbons (Fsp3) is 0.364. The van der Waals surface area contributed by atoms with Crippen molar-refractivity contribution in [3.05, 3.63) is 39.2 Å². The summed E-state index contributed by atoms with van der Waals surface area (Å²) in [5.41, 5.74) is 0. The molecule has 0 bridgehead atoms. The first-order valence-electron chi connectivity index (χ1n) is 5.10. The molecule has 0 radical (unpaired) electrons. The lowest BCUT2D eigenvalue weighted by atomic mass is 10.4. The number of aromatic nitrogens is 1. The van der Waals surface area contributed by atoms with Gasteiger partial charge in [0, 0.05) is 24.0 Å². The van der Waals surface area contributed by atoms with E-state index in [0.717, 1.165) is 18.7 Å². The molecule has 86 valence electrons. The van der Waals surface area contributed by atoms with E-state index in [9.17, 15) is 0 Å². The first-order valence-corrected chi connectivity index (χ1v) is 6.30. The van der Waals surface area contributed by atoms with E-state index < -0.39 is 0 Å². The van der Waals surface area contributed by atoms with Crippen molar-refractivity contribution < 1.29 is 4.42 Å². The van der Waals surface area contributed by atoms with E-state index in [0.29, 0.717) is 11.8 Å². The molecule has 0 aliphatic rings. The molecule has 0 amide bonds. The van der Waals surface area contributed by atoms with Crippen molar-refractivity contribution in [3.8, 4) is 0 Å². The molecular weight excluding hydrogens is 244 g/mol. The van der Waals surface area contributed by atoms with Crippen molar-refractivity contribution in [1.29, 1.82) is 0 Å². The van der Waals surface area contributed by atoms with Crippen LogP contribution >= 0.6 is 22.9 Å². The molecule has 2 aromatic rings. The SMILES string of the molecule is Cc1cnc(CCNCc2ccc(Cl)o2)s1. The number of hydrogen-bond acceptors (Lipinski definition) is 4. The second-order valence-electron chi connectivity index (χ2n) is 3.50. The van der Waals surface area contributed by atoms with E-state index in [4.69, 9.17) is 16.0 Å². The van der Waals surface area contributed by atoms with Gasteiger partial charge in [-0.2, -0.15) is 0 Å². The zero-order valence-corrected chi connectivity index (χ0v) is 10.6. The Labute approximate surface area is 103 Å². The molecule has 0 saturated heterocycles. The monoisotopic (exact) mass is 256 g/mol. The number of nitrogens with one attached hydrogen (secondary N) is 1. The van der Waals surface area contributed by atoms with Crippen molar-refractivity contribution in [2.75, 3.05) is 6.54 Å². The first-order chi connectivity index (χ1) is 7.74. The molecule has 2 rings (SSSR count). The molecule has 5 heteroatoms. The van der Waals surface area contributed by atoms with E-state index in [2.05, 4.69) is 17.2 Å². The molecule has 2 aromatic heterocycles. The second kappa shape index (κ2) is 5.48. The molecule has 0 fully saturated rings. The van der Waals surface area contributed by atoms with Crippen LogP contribution in [0.3, 0.4) is 0 Å². The largest absolute Gasteiger partial charge is 0.448 e. The van der Waals surface area contributed by atoms with Gasteiger partial charge in [-0.15, -0.1) is 11.3 Å². The molecule has 0 saturated carbocycles. The maximum absolute atomic E-state index is 5.67. The summed E-state index contributed by atoms with van der Waals surface area (Å²) in [7, 11) is 0. The summed E-state index contributed by atoms with van der Waals surface area (Å²) in [4.78, 5) is 5.56. The topological polar surface area (TPSA) is 38.1 Å². The smallest absolute Gasteiger partial charge is 0.193 e. The number of halogens is 1. The van der Waals surface area contributed by atoms with Crippen LogP contribution in [-0.4, -0.2) is 11.5 Å². The lowest BCUT2D eigenvalue weighted by Gasteiger charge is -1.99. The van der Waals surface area contributed by atoms with Crippen LogP contribution in [0.15, 0.2) is 22.7 Å². The van der Waals surface area contributed by atoms with Crippen molar-refractivity contribution >= 4 is 22.9 Å². The van der Waals surface area contributed by atoms with Gasteiger partial charge in [-0.3, -0.25) is 0 Å². The highest BCUT2D eigenvalue weighted by Gasteiger charge is 2.00. The molecule has 16 heavy (non-hydrogen) atoms. The number of hydrogen-bond donors (Lipinski definition) is 1. The Hall–Kier alpha value is -0.840. The van der Waals surface area contributed by atoms with E-state index >= 15 is 0 Å². The van der Waals surface area contributed by atoms with Crippen molar-refractivity contribution in [2.24, 2.45) is 0 Å². The molecular formula is C11H13ClN2OS. The Kier molecular flexibility index (Phi) is 3.98. The Morgan fingerprint density at radius 3 is 3.00 bits per heavy atom. The van der Waals surface area contributed by atoms with Gasteiger partial charge in [-0.25, -0.2) is 4.98 Å². The highest BCUT2D eigenvalue weighted by molar-refractivity contribution is 7.11. The summed E-state index contributed by atoms with van der Waals surface area (Å²) in [6.45, 7) is 3.67. The van der Waals surface area contributed by atoms with Crippen LogP contribution in [0.4, 0.5) is 0 Å². The lowest BCUT2D eigenvalue weighted by molar-refractivity contribution is 0.485. The highest BCUT2D eigenvalue weighted by atomic mass is 35.5. The fourth-order valence-electron chi connectivity index (χ4n) is 1.37. The van der Waals surface area contributed by atoms with E-state index in [-0.39, 0.29) is 0 Å². The Morgan fingerprint density at radius 2 is 2.38 bits per heavy atom. The number of rotatable bonds is 5. The summed E-state index contributed by atoms with van der Waals surface area (Å²) in [6, 6.07) is 3.63. The summed E-state index contributed by atoms with van der Waals surface area (Å²) < 4.78 is 5.23. The molecule has 0 unspecified atom stereocenters. The van der Waals surface area contributed by atoms with Gasteiger partial charge < -0.3 is 9.73 Å². The van der Waals surface area contributed by atoms with Gasteiger partial charge in [-0.1, -0.05) is 0 Å². The van der Waals surface area contributed by atoms with Gasteiger partial charge in [0.25, 0.3) is 0 Å². The molecule has 0 spiro atoms. The van der Waals surface area contributed by atoms with Gasteiger partial charge in [0.1, 0.15) is 5.76 Å². The number of aryl methyl sites for hydroxylation is 1. The normalized spacial score (nSPS) is 10.9. The van der Waals surface area contributed by atoms with E-state index in [1.165, 1.54) is 9.88 Å². The average Bonchev–Trinajstić information content (AvgIpc) is 2.83. The van der Waals surface area contributed by atoms with Crippen molar-refractivity contribution in [1.82, 2.24) is 10.3 Å². The molecule has 0 aromatic carbocycles. The van der Waals surface area contributed by atoms with Crippen LogP contribution in [0.25, 0.3) is 0 Å². The van der Waals surface area contributed by atoms with Gasteiger partial charge in [0.05, 0.1) is 11.6 Å². The zero-order valence-electron chi connectivity index (χ0n) is 9.00. The van der Waals surface area contributed by atoms with Crippen LogP contribution in [0.1, 0.15) is 15.6 Å². The maximum atomic E-state index is 5.67. The standard InChI is InChI=1S/C11H13ClN2OS/c1-8-6-14-11(16-8)4-5-13-7-9-2-3-10(12)15-9/h2-3,6,13H,4-5,7H2,1H3. The predicted octanol–water partition coefficient (Wildman–Crippen LogP) is 3.03. The summed E-state index contributed by atoms with van der Waals surface area (Å²) in [5.74, 6) is 0.861. The fourth-order valence-corrected chi connectivity index (χ4v) is 2.32. The number of thiazole rings is 1. The first kappa shape index (κ1) is 11.6. The van der Waals surface area contributed by atoms with Crippen LogP contribution in [0.2, 0.25) is 5.22 Å². The van der Waals surface area contributed by atoms with Crippen LogP contribution in [0, 0.1) is 6.92 Å². The van der Waals surface area contributed by atoms with Crippen LogP contribution < -0.4 is 5.32 Å². The van der Waals surface area contributed by atoms with E-state index in [1.54, 1.807) is 17.4 Å². The molecule has 2 heterocycles. The van der Waals surface area contributed by atoms with Gasteiger partial charge in [0.2, 0.25) is 0 Å². The minimum Gasteiger partial charge on any atom is -0.448 e. The predicted molar refractivity (Wildman–Crippen MR) is 66.0 cm³/mol. The third-order valence-electron chi connectivity index (χ3n) is 2.11. The molecule has 3 nitrogen and oxygen atoms in total. The highest BCUT2D eigenvalue weighted by Crippen LogP contribution is 2.13. The number of furan rings is 1. The summed E-state index contributed by atoms with van der Waals surface area (Å²) in [6.07, 6.45) is 2.86. The van der Waals surface area contributed by atoms with Gasteiger partial charge >= 0.3 is 0 Å². The minimum atomic E-state index is 0.437. The second-order valence-corrected chi connectivity index (χ2v) is 5.19. The molecule has 0 aliphatic carbocycles. The average molecular weight is 257 g/mol. The molecule has 0 atom stereocenters. The maximum Gasteiger partial charge on any atom is 0.193 e. The Bertz CT molecular complexity index is 410. The minimum absolute atomic E-state index is 0.437. The zero-order chi connectivity index (χ0) is 11.4. The summed E-state index contributed by atoms with van der Waals surface area (Å²) >= 11 is 7.41. The number of nitrogens with zero attached hydrogens (tertiary/aromatic N) is 1. The third kappa shape index (κ3) is 3.33. The molecule has 0 aliphatic heterocycles. The van der Waals surface area contributed by atoms with Crippen LogP contribution in [0.5, 0.6) is 0 Å². The van der Waals surface area contributed by atoms with Gasteiger partial charge in [-0.05, 0) is 30.7 Å². The quantitative estimate of drug-likeness (QED) is 0.836. The Balaban J connectivity index is 1.69. The van der Waals surface area contributed by atoms with Crippen molar-refractivity contribution in [3.63, 3.8) is 0 Å². The molecule has 1 N–H and O–H groups in total. The Morgan fingerprint density at radius 1 is 1.50 bits per heavy atom. The van der Waals surface area contributed by atoms with Gasteiger partial charge in [0.15, 0.2) is 5.22 Å². The van der Waals surface area contributed by atoms with Crippen LogP contribution in [-0.2, 0) is 13.0 Å². The van der Waals surface area contributed by atoms with E-state index in [1.807, 2.05) is 12.3 Å². The van der Waals surface area contributed by atoms with Crippen molar-refractivity contribution in [2.45, 2.75) is 19.9 Å². The third-order valence-corrected chi connectivity index (χ3v) is 3.29. The lowest BCUT2D eigenvalue weighted by Crippen LogP contribution is -2.16.